The third kappa shape index (κ3) is 3.54. The van der Waals surface area contributed by atoms with Crippen LogP contribution >= 0.6 is 0 Å². The summed E-state index contributed by atoms with van der Waals surface area (Å²) in [5, 5.41) is 0. The topological polar surface area (TPSA) is 54.0 Å². The van der Waals surface area contributed by atoms with Crippen molar-refractivity contribution in [3.8, 4) is 17.2 Å². The second kappa shape index (κ2) is 6.72. The molecular weight excluding hydrogens is 358 g/mol. The highest BCUT2D eigenvalue weighted by atomic mass is 19.3. The zero-order chi connectivity index (χ0) is 19.0. The van der Waals surface area contributed by atoms with E-state index in [-0.39, 0.29) is 30.0 Å². The summed E-state index contributed by atoms with van der Waals surface area (Å²) in [6.07, 6.45) is -1.54. The fourth-order valence-corrected chi connectivity index (χ4v) is 3.57. The molecule has 1 unspecified atom stereocenters. The molecule has 0 spiro atoms. The Kier molecular flexibility index (Phi) is 4.37. The van der Waals surface area contributed by atoms with Crippen LogP contribution in [0, 0.1) is 0 Å². The molecule has 5 nitrogen and oxygen atoms in total. The number of ether oxygens (including phenoxy) is 4. The van der Waals surface area contributed by atoms with Gasteiger partial charge in [0, 0.05) is 5.56 Å². The first kappa shape index (κ1) is 17.6. The van der Waals surface area contributed by atoms with Gasteiger partial charge in [-0.2, -0.15) is 0 Å². The fourth-order valence-electron chi connectivity index (χ4n) is 3.57. The third-order valence-electron chi connectivity index (χ3n) is 4.86. The fraction of sp³-hybridized carbons (Fsp3) is 0.350. The van der Waals surface area contributed by atoms with Gasteiger partial charge in [0.25, 0.3) is 0 Å². The van der Waals surface area contributed by atoms with Crippen molar-refractivity contribution in [2.24, 2.45) is 0 Å². The SMILES string of the molecule is COC(=O)CC1CCc2cc(OCc3cccc4c3OC(F)(F)O4)ccc21. The van der Waals surface area contributed by atoms with Crippen LogP contribution in [-0.4, -0.2) is 19.4 Å². The van der Waals surface area contributed by atoms with E-state index >= 15 is 0 Å². The van der Waals surface area contributed by atoms with Crippen LogP contribution in [0.3, 0.4) is 0 Å². The van der Waals surface area contributed by atoms with Crippen molar-refractivity contribution in [1.29, 1.82) is 0 Å². The Bertz CT molecular complexity index is 881. The van der Waals surface area contributed by atoms with Crippen LogP contribution in [0.25, 0.3) is 0 Å². The van der Waals surface area contributed by atoms with E-state index in [2.05, 4.69) is 9.47 Å². The van der Waals surface area contributed by atoms with Gasteiger partial charge < -0.3 is 18.9 Å². The van der Waals surface area contributed by atoms with Crippen LogP contribution in [-0.2, 0) is 22.6 Å². The average Bonchev–Trinajstić information content (AvgIpc) is 3.18. The summed E-state index contributed by atoms with van der Waals surface area (Å²) in [6, 6.07) is 10.4. The average molecular weight is 376 g/mol. The molecule has 0 N–H and O–H groups in total. The number of halogens is 2. The Morgan fingerprint density at radius 2 is 2.11 bits per heavy atom. The maximum absolute atomic E-state index is 13.3. The van der Waals surface area contributed by atoms with Gasteiger partial charge in [0.1, 0.15) is 12.4 Å². The molecule has 7 heteroatoms. The summed E-state index contributed by atoms with van der Waals surface area (Å²) in [5.41, 5.74) is 2.74. The maximum Gasteiger partial charge on any atom is 0.586 e. The number of aryl methyl sites for hydroxylation is 1. The lowest BCUT2D eigenvalue weighted by molar-refractivity contribution is -0.287. The lowest BCUT2D eigenvalue weighted by atomic mass is 9.98. The first-order chi connectivity index (χ1) is 12.9. The molecule has 0 fully saturated rings. The van der Waals surface area contributed by atoms with Gasteiger partial charge in [-0.25, -0.2) is 0 Å². The molecule has 1 aliphatic carbocycles. The van der Waals surface area contributed by atoms with Crippen molar-refractivity contribution in [3.63, 3.8) is 0 Å². The Hall–Kier alpha value is -2.83. The number of para-hydroxylation sites is 1. The number of methoxy groups -OCH3 is 1. The zero-order valence-electron chi connectivity index (χ0n) is 14.7. The van der Waals surface area contributed by atoms with E-state index in [4.69, 9.17) is 9.47 Å². The quantitative estimate of drug-likeness (QED) is 0.733. The van der Waals surface area contributed by atoms with Crippen molar-refractivity contribution in [2.45, 2.75) is 38.1 Å². The van der Waals surface area contributed by atoms with E-state index in [0.29, 0.717) is 17.7 Å². The highest BCUT2D eigenvalue weighted by Crippen LogP contribution is 2.43. The number of rotatable bonds is 5. The second-order valence-corrected chi connectivity index (χ2v) is 6.58. The number of esters is 1. The van der Waals surface area contributed by atoms with Gasteiger partial charge in [0.15, 0.2) is 11.5 Å². The largest absolute Gasteiger partial charge is 0.586 e. The molecule has 0 aromatic heterocycles. The van der Waals surface area contributed by atoms with E-state index in [0.717, 1.165) is 24.0 Å². The molecule has 0 bridgehead atoms. The Morgan fingerprint density at radius 3 is 2.93 bits per heavy atom. The summed E-state index contributed by atoms with van der Waals surface area (Å²) < 4.78 is 46.1. The van der Waals surface area contributed by atoms with Crippen molar-refractivity contribution in [1.82, 2.24) is 0 Å². The zero-order valence-corrected chi connectivity index (χ0v) is 14.7. The van der Waals surface area contributed by atoms with Crippen LogP contribution in [0.1, 0.15) is 35.4 Å². The van der Waals surface area contributed by atoms with Crippen LogP contribution < -0.4 is 14.2 Å². The van der Waals surface area contributed by atoms with E-state index < -0.39 is 6.29 Å². The van der Waals surface area contributed by atoms with Crippen molar-refractivity contribution in [2.75, 3.05) is 7.11 Å². The molecule has 4 rings (SSSR count). The molecule has 2 aromatic carbocycles. The van der Waals surface area contributed by atoms with Gasteiger partial charge in [0.05, 0.1) is 13.5 Å². The Labute approximate surface area is 154 Å². The molecule has 1 heterocycles. The molecule has 0 amide bonds. The van der Waals surface area contributed by atoms with Gasteiger partial charge in [-0.3, -0.25) is 4.79 Å². The van der Waals surface area contributed by atoms with Gasteiger partial charge in [0.2, 0.25) is 0 Å². The number of benzene rings is 2. The molecule has 2 aliphatic rings. The molecule has 2 aromatic rings. The number of carbonyl (C=O) groups excluding carboxylic acids is 1. The van der Waals surface area contributed by atoms with Crippen LogP contribution in [0.4, 0.5) is 8.78 Å². The lowest BCUT2D eigenvalue weighted by Gasteiger charge is -2.12. The number of hydrogen-bond donors (Lipinski definition) is 0. The van der Waals surface area contributed by atoms with Gasteiger partial charge in [-0.05, 0) is 48.1 Å². The van der Waals surface area contributed by atoms with Crippen LogP contribution in [0.2, 0.25) is 0 Å². The summed E-state index contributed by atoms with van der Waals surface area (Å²) in [4.78, 5) is 11.5. The first-order valence-corrected chi connectivity index (χ1v) is 8.65. The predicted molar refractivity (Wildman–Crippen MR) is 91.1 cm³/mol. The first-order valence-electron chi connectivity index (χ1n) is 8.65. The Morgan fingerprint density at radius 1 is 1.26 bits per heavy atom. The maximum atomic E-state index is 13.3. The lowest BCUT2D eigenvalue weighted by Crippen LogP contribution is -2.26. The summed E-state index contributed by atoms with van der Waals surface area (Å²) >= 11 is 0. The number of fused-ring (bicyclic) bond motifs is 2. The van der Waals surface area contributed by atoms with E-state index in [1.54, 1.807) is 12.1 Å². The molecule has 0 saturated carbocycles. The minimum atomic E-state index is -3.65. The third-order valence-corrected chi connectivity index (χ3v) is 4.86. The number of hydrogen-bond acceptors (Lipinski definition) is 5. The molecule has 0 radical (unpaired) electrons. The van der Waals surface area contributed by atoms with Crippen molar-refractivity contribution >= 4 is 5.97 Å². The van der Waals surface area contributed by atoms with E-state index in [1.165, 1.54) is 13.2 Å². The van der Waals surface area contributed by atoms with Crippen molar-refractivity contribution < 1.29 is 32.5 Å². The summed E-state index contributed by atoms with van der Waals surface area (Å²) in [5.74, 6) is 0.579. The van der Waals surface area contributed by atoms with Gasteiger partial charge >= 0.3 is 12.3 Å². The summed E-state index contributed by atoms with van der Waals surface area (Å²) in [6.45, 7) is 0.0764. The smallest absolute Gasteiger partial charge is 0.489 e. The number of carbonyl (C=O) groups is 1. The Balaban J connectivity index is 1.46. The molecule has 142 valence electrons. The highest BCUT2D eigenvalue weighted by Gasteiger charge is 2.44. The minimum Gasteiger partial charge on any atom is -0.489 e. The standard InChI is InChI=1S/C20H18F2O5/c1-24-18(23)10-13-6-5-12-9-15(7-8-16(12)13)25-11-14-3-2-4-17-19(14)27-20(21,22)26-17/h2-4,7-9,13H,5-6,10-11H2,1H3. The molecule has 0 saturated heterocycles. The minimum absolute atomic E-state index is 0.000653. The molecular formula is C20H18F2O5. The molecule has 27 heavy (non-hydrogen) atoms. The van der Waals surface area contributed by atoms with Gasteiger partial charge in [-0.15, -0.1) is 8.78 Å². The normalized spacial score (nSPS) is 18.9. The number of alkyl halides is 2. The summed E-state index contributed by atoms with van der Waals surface area (Å²) in [7, 11) is 1.39. The molecule has 1 aliphatic heterocycles. The van der Waals surface area contributed by atoms with Gasteiger partial charge in [-0.1, -0.05) is 18.2 Å². The predicted octanol–water partition coefficient (Wildman–Crippen LogP) is 4.18. The van der Waals surface area contributed by atoms with Crippen molar-refractivity contribution in [3.05, 3.63) is 53.1 Å². The van der Waals surface area contributed by atoms with E-state index in [1.807, 2.05) is 18.2 Å². The van der Waals surface area contributed by atoms with E-state index in [9.17, 15) is 13.6 Å². The second-order valence-electron chi connectivity index (χ2n) is 6.58. The van der Waals surface area contributed by atoms with Crippen LogP contribution in [0.15, 0.2) is 36.4 Å². The van der Waals surface area contributed by atoms with Crippen LogP contribution in [0.5, 0.6) is 17.2 Å². The highest BCUT2D eigenvalue weighted by molar-refractivity contribution is 5.70. The monoisotopic (exact) mass is 376 g/mol. The molecule has 1 atom stereocenters.